The summed E-state index contributed by atoms with van der Waals surface area (Å²) < 4.78 is 20.9. The third kappa shape index (κ3) is 7.13. The maximum Gasteiger partial charge on any atom is 0.340 e. The number of rotatable bonds is 11. The Kier molecular flexibility index (Phi) is 8.96. The second-order valence-electron chi connectivity index (χ2n) is 7.08. The summed E-state index contributed by atoms with van der Waals surface area (Å²) in [7, 11) is 1.56. The molecule has 1 aliphatic heterocycles. The number of ether oxygens (including phenoxy) is 4. The zero-order chi connectivity index (χ0) is 23.6. The third-order valence-electron chi connectivity index (χ3n) is 4.65. The van der Waals surface area contributed by atoms with Crippen molar-refractivity contribution in [3.8, 4) is 11.5 Å². The SMILES string of the molecule is COCCNC(=O)CSc1ccccc1C(=O)OC(C)C(=O)NCc1ccc2c(c1)OCO2. The largest absolute Gasteiger partial charge is 0.454 e. The minimum Gasteiger partial charge on any atom is -0.454 e. The minimum atomic E-state index is -0.998. The van der Waals surface area contributed by atoms with Crippen molar-refractivity contribution in [3.05, 3.63) is 53.6 Å². The molecule has 2 aromatic carbocycles. The normalized spacial score (nSPS) is 12.7. The predicted molar refractivity (Wildman–Crippen MR) is 121 cm³/mol. The number of thioether (sulfide) groups is 1. The Morgan fingerprint density at radius 2 is 1.88 bits per heavy atom. The van der Waals surface area contributed by atoms with Crippen LogP contribution in [-0.4, -0.2) is 56.7 Å². The Balaban J connectivity index is 1.50. The van der Waals surface area contributed by atoms with Gasteiger partial charge >= 0.3 is 5.97 Å². The number of amides is 2. The van der Waals surface area contributed by atoms with Crippen molar-refractivity contribution in [1.29, 1.82) is 0 Å². The van der Waals surface area contributed by atoms with Gasteiger partial charge in [0.15, 0.2) is 17.6 Å². The minimum absolute atomic E-state index is 0.138. The molecule has 0 bridgehead atoms. The summed E-state index contributed by atoms with van der Waals surface area (Å²) in [5.74, 6) is 0.197. The number of methoxy groups -OCH3 is 1. The van der Waals surface area contributed by atoms with Crippen LogP contribution in [0.2, 0.25) is 0 Å². The van der Waals surface area contributed by atoms with Crippen molar-refractivity contribution in [2.45, 2.75) is 24.5 Å². The zero-order valence-electron chi connectivity index (χ0n) is 18.4. The number of carbonyl (C=O) groups excluding carboxylic acids is 3. The molecule has 10 heteroatoms. The molecule has 0 saturated heterocycles. The lowest BCUT2D eigenvalue weighted by atomic mass is 10.2. The average molecular weight is 475 g/mol. The highest BCUT2D eigenvalue weighted by atomic mass is 32.2. The van der Waals surface area contributed by atoms with Crippen LogP contribution in [0.25, 0.3) is 0 Å². The van der Waals surface area contributed by atoms with E-state index < -0.39 is 18.0 Å². The van der Waals surface area contributed by atoms with Gasteiger partial charge in [-0.1, -0.05) is 18.2 Å². The molecule has 0 radical (unpaired) electrons. The Hall–Kier alpha value is -3.24. The third-order valence-corrected chi connectivity index (χ3v) is 5.72. The molecular weight excluding hydrogens is 448 g/mol. The maximum absolute atomic E-state index is 12.7. The molecule has 1 atom stereocenters. The van der Waals surface area contributed by atoms with E-state index >= 15 is 0 Å². The molecule has 0 aromatic heterocycles. The first-order valence-corrected chi connectivity index (χ1v) is 11.3. The van der Waals surface area contributed by atoms with E-state index in [1.165, 1.54) is 18.7 Å². The molecule has 0 aliphatic carbocycles. The van der Waals surface area contributed by atoms with Gasteiger partial charge in [0.05, 0.1) is 17.9 Å². The van der Waals surface area contributed by atoms with Crippen molar-refractivity contribution >= 4 is 29.5 Å². The maximum atomic E-state index is 12.7. The zero-order valence-corrected chi connectivity index (χ0v) is 19.2. The molecule has 0 fully saturated rings. The van der Waals surface area contributed by atoms with Crippen LogP contribution in [0.4, 0.5) is 0 Å². The van der Waals surface area contributed by atoms with E-state index in [1.807, 2.05) is 6.07 Å². The van der Waals surface area contributed by atoms with Gasteiger partial charge in [0, 0.05) is 25.1 Å². The van der Waals surface area contributed by atoms with Crippen LogP contribution in [0.1, 0.15) is 22.8 Å². The number of carbonyl (C=O) groups is 3. The van der Waals surface area contributed by atoms with Crippen molar-refractivity contribution in [2.24, 2.45) is 0 Å². The van der Waals surface area contributed by atoms with Crippen LogP contribution in [0.3, 0.4) is 0 Å². The summed E-state index contributed by atoms with van der Waals surface area (Å²) in [4.78, 5) is 37.6. The summed E-state index contributed by atoms with van der Waals surface area (Å²) in [5.41, 5.74) is 1.12. The first kappa shape index (κ1) is 24.4. The highest BCUT2D eigenvalue weighted by molar-refractivity contribution is 8.00. The molecular formula is C23H26N2O7S. The van der Waals surface area contributed by atoms with Crippen LogP contribution in [0, 0.1) is 0 Å². The highest BCUT2D eigenvalue weighted by Crippen LogP contribution is 2.32. The van der Waals surface area contributed by atoms with Gasteiger partial charge in [-0.15, -0.1) is 11.8 Å². The lowest BCUT2D eigenvalue weighted by molar-refractivity contribution is -0.129. The summed E-state index contributed by atoms with van der Waals surface area (Å²) in [6.07, 6.45) is -0.998. The van der Waals surface area contributed by atoms with Crippen molar-refractivity contribution in [1.82, 2.24) is 10.6 Å². The Morgan fingerprint density at radius 3 is 2.70 bits per heavy atom. The van der Waals surface area contributed by atoms with Gasteiger partial charge in [-0.05, 0) is 36.8 Å². The Morgan fingerprint density at radius 1 is 1.09 bits per heavy atom. The molecule has 33 heavy (non-hydrogen) atoms. The first-order chi connectivity index (χ1) is 16.0. The number of benzene rings is 2. The van der Waals surface area contributed by atoms with Crippen LogP contribution >= 0.6 is 11.8 Å². The van der Waals surface area contributed by atoms with Gasteiger partial charge in [0.25, 0.3) is 5.91 Å². The molecule has 3 rings (SSSR count). The van der Waals surface area contributed by atoms with Crippen LogP contribution in [-0.2, 0) is 25.6 Å². The number of nitrogens with one attached hydrogen (secondary N) is 2. The summed E-state index contributed by atoms with van der Waals surface area (Å²) in [5, 5.41) is 5.47. The average Bonchev–Trinajstić information content (AvgIpc) is 3.29. The van der Waals surface area contributed by atoms with Crippen LogP contribution in [0.5, 0.6) is 11.5 Å². The van der Waals surface area contributed by atoms with E-state index in [4.69, 9.17) is 18.9 Å². The number of hydrogen-bond acceptors (Lipinski definition) is 8. The Labute approximate surface area is 196 Å². The van der Waals surface area contributed by atoms with Gasteiger partial charge in [-0.25, -0.2) is 4.79 Å². The summed E-state index contributed by atoms with van der Waals surface area (Å²) in [6.45, 7) is 2.77. The van der Waals surface area contributed by atoms with Gasteiger partial charge in [-0.2, -0.15) is 0 Å². The predicted octanol–water partition coefficient (Wildman–Crippen LogP) is 2.13. The number of esters is 1. The van der Waals surface area contributed by atoms with Crippen molar-refractivity contribution < 1.29 is 33.3 Å². The van der Waals surface area contributed by atoms with Crippen molar-refractivity contribution in [2.75, 3.05) is 32.8 Å². The van der Waals surface area contributed by atoms with E-state index in [-0.39, 0.29) is 25.0 Å². The molecule has 176 valence electrons. The van der Waals surface area contributed by atoms with Gasteiger partial charge in [0.2, 0.25) is 12.7 Å². The van der Waals surface area contributed by atoms with E-state index in [0.717, 1.165) is 5.56 Å². The standard InChI is InChI=1S/C23H26N2O7S/c1-15(22(27)25-12-16-7-8-18-19(11-16)31-14-30-18)32-23(28)17-5-3-4-6-20(17)33-13-21(26)24-9-10-29-2/h3-8,11,15H,9-10,12-14H2,1-2H3,(H,24,26)(H,25,27). The first-order valence-electron chi connectivity index (χ1n) is 10.3. The van der Waals surface area contributed by atoms with Gasteiger partial charge in [-0.3, -0.25) is 9.59 Å². The van der Waals surface area contributed by atoms with E-state index in [9.17, 15) is 14.4 Å². The molecule has 0 spiro atoms. The fraction of sp³-hybridized carbons (Fsp3) is 0.348. The summed E-state index contributed by atoms with van der Waals surface area (Å²) >= 11 is 1.22. The van der Waals surface area contributed by atoms with Gasteiger partial charge in [0.1, 0.15) is 0 Å². The fourth-order valence-corrected chi connectivity index (χ4v) is 3.78. The fourth-order valence-electron chi connectivity index (χ4n) is 2.91. The molecule has 2 N–H and O–H groups in total. The second kappa shape index (κ2) is 12.1. The lowest BCUT2D eigenvalue weighted by Crippen LogP contribution is -2.35. The molecule has 1 aliphatic rings. The number of hydrogen-bond donors (Lipinski definition) is 2. The van der Waals surface area contributed by atoms with E-state index in [0.29, 0.717) is 35.1 Å². The lowest BCUT2D eigenvalue weighted by Gasteiger charge is -2.15. The molecule has 2 aromatic rings. The monoisotopic (exact) mass is 474 g/mol. The Bertz CT molecular complexity index is 999. The van der Waals surface area contributed by atoms with Crippen LogP contribution in [0.15, 0.2) is 47.4 Å². The summed E-state index contributed by atoms with van der Waals surface area (Å²) in [6, 6.07) is 12.2. The molecule has 9 nitrogen and oxygen atoms in total. The smallest absolute Gasteiger partial charge is 0.340 e. The highest BCUT2D eigenvalue weighted by Gasteiger charge is 2.21. The van der Waals surface area contributed by atoms with E-state index in [1.54, 1.807) is 43.5 Å². The topological polar surface area (TPSA) is 112 Å². The van der Waals surface area contributed by atoms with Crippen molar-refractivity contribution in [3.63, 3.8) is 0 Å². The molecule has 0 saturated carbocycles. The molecule has 1 unspecified atom stereocenters. The quantitative estimate of drug-likeness (QED) is 0.289. The van der Waals surface area contributed by atoms with Gasteiger partial charge < -0.3 is 29.6 Å². The molecule has 1 heterocycles. The second-order valence-corrected chi connectivity index (χ2v) is 8.10. The van der Waals surface area contributed by atoms with E-state index in [2.05, 4.69) is 10.6 Å². The molecule has 2 amide bonds. The number of fused-ring (bicyclic) bond motifs is 1. The van der Waals surface area contributed by atoms with Crippen LogP contribution < -0.4 is 20.1 Å².